The third-order valence-electron chi connectivity index (χ3n) is 6.88. The fourth-order valence-corrected chi connectivity index (χ4v) is 5.00. The van der Waals surface area contributed by atoms with Gasteiger partial charge in [0.1, 0.15) is 18.0 Å². The van der Waals surface area contributed by atoms with Crippen molar-refractivity contribution in [2.75, 3.05) is 31.1 Å². The Balaban J connectivity index is 1.37. The summed E-state index contributed by atoms with van der Waals surface area (Å²) < 4.78 is 15.6. The number of aromatic nitrogens is 3. The van der Waals surface area contributed by atoms with Gasteiger partial charge in [-0.05, 0) is 48.9 Å². The Labute approximate surface area is 214 Å². The number of anilines is 1. The van der Waals surface area contributed by atoms with E-state index in [9.17, 15) is 9.18 Å². The van der Waals surface area contributed by atoms with Crippen LogP contribution in [0.1, 0.15) is 15.9 Å². The summed E-state index contributed by atoms with van der Waals surface area (Å²) in [4.78, 5) is 26.6. The van der Waals surface area contributed by atoms with Gasteiger partial charge >= 0.3 is 0 Å². The molecule has 0 radical (unpaired) electrons. The number of aryl methyl sites for hydroxylation is 1. The van der Waals surface area contributed by atoms with Gasteiger partial charge in [-0.3, -0.25) is 4.79 Å². The van der Waals surface area contributed by atoms with Gasteiger partial charge in [-0.15, -0.1) is 0 Å². The number of piperazine rings is 1. The Kier molecular flexibility index (Phi) is 5.88. The van der Waals surface area contributed by atoms with E-state index in [2.05, 4.69) is 22.0 Å². The van der Waals surface area contributed by atoms with Crippen LogP contribution in [0.25, 0.3) is 27.8 Å². The molecular weight excluding hydrogens is 465 g/mol. The largest absolute Gasteiger partial charge is 0.352 e. The number of amides is 1. The van der Waals surface area contributed by atoms with Crippen LogP contribution in [0.3, 0.4) is 0 Å². The van der Waals surface area contributed by atoms with Gasteiger partial charge in [0, 0.05) is 49.2 Å². The summed E-state index contributed by atoms with van der Waals surface area (Å²) in [6, 6.07) is 24.3. The summed E-state index contributed by atoms with van der Waals surface area (Å²) in [5.41, 5.74) is 5.44. The Hall–Kier alpha value is -4.52. The second-order valence-corrected chi connectivity index (χ2v) is 9.30. The van der Waals surface area contributed by atoms with E-state index < -0.39 is 0 Å². The molecule has 0 saturated carbocycles. The van der Waals surface area contributed by atoms with E-state index >= 15 is 0 Å². The lowest BCUT2D eigenvalue weighted by Gasteiger charge is -2.35. The summed E-state index contributed by atoms with van der Waals surface area (Å²) in [7, 11) is 0. The van der Waals surface area contributed by atoms with Gasteiger partial charge in [0.15, 0.2) is 5.65 Å². The standard InChI is InChI=1S/C30H26FN5O/c1-21-6-5-9-23(18-21)30(37)35-16-14-34(15-17-35)28-27-26(22-7-3-2-4-8-22)19-36(29(27)33-20-32-28)25-12-10-24(31)11-13-25/h2-13,18-20H,14-17H2,1H3. The third kappa shape index (κ3) is 4.33. The lowest BCUT2D eigenvalue weighted by atomic mass is 10.1. The number of benzene rings is 3. The number of carbonyl (C=O) groups excluding carboxylic acids is 1. The Morgan fingerprint density at radius 1 is 0.865 bits per heavy atom. The second-order valence-electron chi connectivity index (χ2n) is 9.30. The normalized spacial score (nSPS) is 13.8. The molecule has 1 aliphatic rings. The number of fused-ring (bicyclic) bond motifs is 1. The molecule has 0 atom stereocenters. The Morgan fingerprint density at radius 2 is 1.62 bits per heavy atom. The minimum atomic E-state index is -0.281. The van der Waals surface area contributed by atoms with Crippen molar-refractivity contribution in [1.29, 1.82) is 0 Å². The monoisotopic (exact) mass is 491 g/mol. The van der Waals surface area contributed by atoms with E-state index in [1.54, 1.807) is 18.5 Å². The van der Waals surface area contributed by atoms with Crippen molar-refractivity contribution in [1.82, 2.24) is 19.4 Å². The van der Waals surface area contributed by atoms with Gasteiger partial charge in [-0.1, -0.05) is 48.0 Å². The highest BCUT2D eigenvalue weighted by Gasteiger charge is 2.26. The highest BCUT2D eigenvalue weighted by atomic mass is 19.1. The first kappa shape index (κ1) is 22.9. The highest BCUT2D eigenvalue weighted by Crippen LogP contribution is 2.37. The molecule has 1 amide bonds. The molecule has 6 nitrogen and oxygen atoms in total. The molecule has 6 rings (SSSR count). The van der Waals surface area contributed by atoms with Crippen molar-refractivity contribution in [3.8, 4) is 16.8 Å². The molecule has 0 spiro atoms. The average molecular weight is 492 g/mol. The number of carbonyl (C=O) groups is 1. The van der Waals surface area contributed by atoms with Crippen LogP contribution < -0.4 is 4.90 Å². The molecule has 0 aliphatic carbocycles. The molecule has 2 aromatic heterocycles. The van der Waals surface area contributed by atoms with Crippen molar-refractivity contribution in [2.45, 2.75) is 6.92 Å². The quantitative estimate of drug-likeness (QED) is 0.333. The molecule has 0 unspecified atom stereocenters. The van der Waals surface area contributed by atoms with Crippen molar-refractivity contribution >= 4 is 22.8 Å². The van der Waals surface area contributed by atoms with Gasteiger partial charge in [0.05, 0.1) is 5.39 Å². The molecule has 1 saturated heterocycles. The van der Waals surface area contributed by atoms with Gasteiger partial charge in [0.2, 0.25) is 0 Å². The molecule has 1 fully saturated rings. The van der Waals surface area contributed by atoms with Gasteiger partial charge in [-0.2, -0.15) is 0 Å². The minimum absolute atomic E-state index is 0.0589. The minimum Gasteiger partial charge on any atom is -0.352 e. The Morgan fingerprint density at radius 3 is 2.35 bits per heavy atom. The van der Waals surface area contributed by atoms with Crippen LogP contribution in [-0.4, -0.2) is 51.5 Å². The van der Waals surface area contributed by atoms with E-state index in [0.29, 0.717) is 26.2 Å². The van der Waals surface area contributed by atoms with E-state index in [1.165, 1.54) is 12.1 Å². The van der Waals surface area contributed by atoms with Gasteiger partial charge in [-0.25, -0.2) is 14.4 Å². The molecule has 3 heterocycles. The maximum Gasteiger partial charge on any atom is 0.253 e. The van der Waals surface area contributed by atoms with Crippen LogP contribution >= 0.6 is 0 Å². The smallest absolute Gasteiger partial charge is 0.253 e. The second kappa shape index (κ2) is 9.50. The lowest BCUT2D eigenvalue weighted by molar-refractivity contribution is 0.0746. The molecule has 0 bridgehead atoms. The summed E-state index contributed by atoms with van der Waals surface area (Å²) >= 11 is 0. The van der Waals surface area contributed by atoms with Crippen LogP contribution in [-0.2, 0) is 0 Å². The third-order valence-corrected chi connectivity index (χ3v) is 6.88. The first-order chi connectivity index (χ1) is 18.1. The molecule has 3 aromatic carbocycles. The van der Waals surface area contributed by atoms with Crippen LogP contribution in [0.15, 0.2) is 91.4 Å². The average Bonchev–Trinajstić information content (AvgIpc) is 3.34. The van der Waals surface area contributed by atoms with Crippen LogP contribution in [0.4, 0.5) is 10.2 Å². The van der Waals surface area contributed by atoms with E-state index in [0.717, 1.165) is 44.8 Å². The van der Waals surface area contributed by atoms with Crippen LogP contribution in [0.5, 0.6) is 0 Å². The fraction of sp³-hybridized carbons (Fsp3) is 0.167. The first-order valence-corrected chi connectivity index (χ1v) is 12.4. The highest BCUT2D eigenvalue weighted by molar-refractivity contribution is 6.02. The topological polar surface area (TPSA) is 54.3 Å². The molecule has 7 heteroatoms. The lowest BCUT2D eigenvalue weighted by Crippen LogP contribution is -2.49. The van der Waals surface area contributed by atoms with Crippen LogP contribution in [0.2, 0.25) is 0 Å². The maximum atomic E-state index is 13.6. The summed E-state index contributed by atoms with van der Waals surface area (Å²) in [5.74, 6) is 0.618. The SMILES string of the molecule is Cc1cccc(C(=O)N2CCN(c3ncnc4c3c(-c3ccccc3)cn4-c3ccc(F)cc3)CC2)c1. The number of hydrogen-bond acceptors (Lipinski definition) is 4. The zero-order chi connectivity index (χ0) is 25.4. The summed E-state index contributed by atoms with van der Waals surface area (Å²) in [6.45, 7) is 4.55. The van der Waals surface area contributed by atoms with E-state index in [-0.39, 0.29) is 11.7 Å². The fourth-order valence-electron chi connectivity index (χ4n) is 5.00. The van der Waals surface area contributed by atoms with Crippen molar-refractivity contribution in [3.63, 3.8) is 0 Å². The Bertz CT molecular complexity index is 1570. The molecule has 0 N–H and O–H groups in total. The predicted molar refractivity (Wildman–Crippen MR) is 144 cm³/mol. The maximum absolute atomic E-state index is 13.6. The van der Waals surface area contributed by atoms with Crippen LogP contribution in [0, 0.1) is 12.7 Å². The zero-order valence-electron chi connectivity index (χ0n) is 20.5. The number of halogens is 1. The predicted octanol–water partition coefficient (Wildman–Crippen LogP) is 5.50. The van der Waals surface area contributed by atoms with Crippen molar-refractivity contribution in [2.24, 2.45) is 0 Å². The zero-order valence-corrected chi connectivity index (χ0v) is 20.5. The molecule has 184 valence electrons. The number of rotatable bonds is 4. The van der Waals surface area contributed by atoms with E-state index in [4.69, 9.17) is 4.98 Å². The summed E-state index contributed by atoms with van der Waals surface area (Å²) in [5, 5.41) is 0.941. The van der Waals surface area contributed by atoms with Gasteiger partial charge in [0.25, 0.3) is 5.91 Å². The van der Waals surface area contributed by atoms with Gasteiger partial charge < -0.3 is 14.4 Å². The van der Waals surface area contributed by atoms with Crippen molar-refractivity contribution in [3.05, 3.63) is 108 Å². The number of hydrogen-bond donors (Lipinski definition) is 0. The number of nitrogens with zero attached hydrogens (tertiary/aromatic N) is 5. The summed E-state index contributed by atoms with van der Waals surface area (Å²) in [6.07, 6.45) is 3.62. The molecule has 5 aromatic rings. The molecule has 37 heavy (non-hydrogen) atoms. The van der Waals surface area contributed by atoms with Crippen molar-refractivity contribution < 1.29 is 9.18 Å². The molecule has 1 aliphatic heterocycles. The molecular formula is C30H26FN5O. The van der Waals surface area contributed by atoms with E-state index in [1.807, 2.05) is 65.1 Å². The first-order valence-electron chi connectivity index (χ1n) is 12.4.